The fraction of sp³-hybridized carbons (Fsp3) is 0.444. The molecule has 6 nitrogen and oxygen atoms in total. The van der Waals surface area contributed by atoms with Gasteiger partial charge in [-0.1, -0.05) is 12.1 Å². The normalized spacial score (nSPS) is 11.0. The zero-order chi connectivity index (χ0) is 17.4. The second kappa shape index (κ2) is 11.0. The van der Waals surface area contributed by atoms with Gasteiger partial charge in [-0.25, -0.2) is 4.99 Å². The average Bonchev–Trinajstić information content (AvgIpc) is 2.99. The zero-order valence-electron chi connectivity index (χ0n) is 15.4. The molecule has 0 fully saturated rings. The second-order valence-corrected chi connectivity index (χ2v) is 5.63. The summed E-state index contributed by atoms with van der Waals surface area (Å²) in [4.78, 5) is 6.81. The van der Waals surface area contributed by atoms with Gasteiger partial charge in [0.2, 0.25) is 0 Å². The van der Waals surface area contributed by atoms with Crippen molar-refractivity contribution in [2.75, 3.05) is 20.2 Å². The number of rotatable bonds is 7. The minimum Gasteiger partial charge on any atom is -0.494 e. The first-order valence-electron chi connectivity index (χ1n) is 8.31. The van der Waals surface area contributed by atoms with Crippen LogP contribution in [0.5, 0.6) is 5.75 Å². The molecule has 0 amide bonds. The van der Waals surface area contributed by atoms with Crippen LogP contribution in [-0.2, 0) is 20.1 Å². The molecule has 2 aromatic rings. The van der Waals surface area contributed by atoms with E-state index in [4.69, 9.17) is 9.73 Å². The number of guanidine groups is 1. The molecule has 0 spiro atoms. The van der Waals surface area contributed by atoms with E-state index in [-0.39, 0.29) is 24.0 Å². The average molecular weight is 457 g/mol. The molecule has 0 aliphatic heterocycles. The third kappa shape index (κ3) is 6.93. The van der Waals surface area contributed by atoms with Crippen molar-refractivity contribution < 1.29 is 4.74 Å². The Morgan fingerprint density at radius 2 is 1.96 bits per heavy atom. The number of halogens is 1. The first-order valence-corrected chi connectivity index (χ1v) is 8.31. The standard InChI is InChI=1S/C18H27N5O.HI/c1-5-19-18(20-11-16-12-21-23(4)14-16)22(3)13-15-7-9-17(10-8-15)24-6-2;/h7-10,12,14H,5-6,11,13H2,1-4H3,(H,19,20);1H. The van der Waals surface area contributed by atoms with Crippen molar-refractivity contribution in [1.29, 1.82) is 0 Å². The maximum absolute atomic E-state index is 5.48. The monoisotopic (exact) mass is 457 g/mol. The minimum atomic E-state index is 0. The van der Waals surface area contributed by atoms with E-state index in [0.29, 0.717) is 13.2 Å². The Balaban J connectivity index is 0.00000312. The molecule has 1 heterocycles. The number of nitrogens with zero attached hydrogens (tertiary/aromatic N) is 4. The number of aromatic nitrogens is 2. The van der Waals surface area contributed by atoms with Crippen molar-refractivity contribution in [3.63, 3.8) is 0 Å². The van der Waals surface area contributed by atoms with E-state index in [9.17, 15) is 0 Å². The lowest BCUT2D eigenvalue weighted by atomic mass is 10.2. The van der Waals surface area contributed by atoms with Crippen LogP contribution >= 0.6 is 24.0 Å². The highest BCUT2D eigenvalue weighted by Crippen LogP contribution is 2.13. The van der Waals surface area contributed by atoms with Crippen molar-refractivity contribution in [2.45, 2.75) is 26.9 Å². The molecular weight excluding hydrogens is 429 g/mol. The molecular formula is C18H28IN5O. The summed E-state index contributed by atoms with van der Waals surface area (Å²) in [5, 5.41) is 7.51. The molecule has 1 N–H and O–H groups in total. The first kappa shape index (κ1) is 21.3. The number of aliphatic imine (C=N–C) groups is 1. The molecule has 1 aromatic carbocycles. The number of hydrogen-bond acceptors (Lipinski definition) is 3. The van der Waals surface area contributed by atoms with Gasteiger partial charge in [0.05, 0.1) is 19.3 Å². The largest absolute Gasteiger partial charge is 0.494 e. The van der Waals surface area contributed by atoms with Crippen LogP contribution in [0.2, 0.25) is 0 Å². The summed E-state index contributed by atoms with van der Waals surface area (Å²) in [5.74, 6) is 1.79. The van der Waals surface area contributed by atoms with Gasteiger partial charge in [-0.2, -0.15) is 5.10 Å². The van der Waals surface area contributed by atoms with Crippen molar-refractivity contribution in [3.8, 4) is 5.75 Å². The van der Waals surface area contributed by atoms with Gasteiger partial charge in [0, 0.05) is 38.9 Å². The summed E-state index contributed by atoms with van der Waals surface area (Å²) in [6.45, 7) is 6.98. The first-order chi connectivity index (χ1) is 11.6. The van der Waals surface area contributed by atoms with Gasteiger partial charge in [-0.05, 0) is 31.5 Å². The quantitative estimate of drug-likeness (QED) is 0.395. The van der Waals surface area contributed by atoms with Gasteiger partial charge in [-0.3, -0.25) is 4.68 Å². The zero-order valence-corrected chi connectivity index (χ0v) is 17.7. The third-order valence-corrected chi connectivity index (χ3v) is 3.52. The van der Waals surface area contributed by atoms with Gasteiger partial charge in [0.25, 0.3) is 0 Å². The van der Waals surface area contributed by atoms with Crippen LogP contribution in [0.25, 0.3) is 0 Å². The third-order valence-electron chi connectivity index (χ3n) is 3.52. The molecule has 138 valence electrons. The summed E-state index contributed by atoms with van der Waals surface area (Å²) < 4.78 is 7.28. The SMILES string of the molecule is CCNC(=NCc1cnn(C)c1)N(C)Cc1ccc(OCC)cc1.I. The lowest BCUT2D eigenvalue weighted by Gasteiger charge is -2.22. The highest BCUT2D eigenvalue weighted by Gasteiger charge is 2.07. The molecule has 0 unspecified atom stereocenters. The topological polar surface area (TPSA) is 54.7 Å². The van der Waals surface area contributed by atoms with Gasteiger partial charge in [-0.15, -0.1) is 24.0 Å². The van der Waals surface area contributed by atoms with Crippen molar-refractivity contribution in [2.24, 2.45) is 12.0 Å². The molecule has 0 atom stereocenters. The highest BCUT2D eigenvalue weighted by atomic mass is 127. The maximum Gasteiger partial charge on any atom is 0.194 e. The van der Waals surface area contributed by atoms with Crippen LogP contribution < -0.4 is 10.1 Å². The molecule has 2 rings (SSSR count). The summed E-state index contributed by atoms with van der Waals surface area (Å²) >= 11 is 0. The molecule has 0 saturated heterocycles. The van der Waals surface area contributed by atoms with Crippen LogP contribution in [-0.4, -0.2) is 40.8 Å². The summed E-state index contributed by atoms with van der Waals surface area (Å²) in [6, 6.07) is 8.19. The molecule has 0 bridgehead atoms. The molecule has 1 aromatic heterocycles. The Morgan fingerprint density at radius 1 is 1.24 bits per heavy atom. The van der Waals surface area contributed by atoms with Crippen molar-refractivity contribution in [3.05, 3.63) is 47.8 Å². The minimum absolute atomic E-state index is 0. The van der Waals surface area contributed by atoms with E-state index in [0.717, 1.165) is 30.4 Å². The van der Waals surface area contributed by atoms with Crippen molar-refractivity contribution >= 4 is 29.9 Å². The van der Waals surface area contributed by atoms with Crippen LogP contribution in [0.3, 0.4) is 0 Å². The van der Waals surface area contributed by atoms with E-state index in [1.165, 1.54) is 5.56 Å². The number of nitrogens with one attached hydrogen (secondary N) is 1. The van der Waals surface area contributed by atoms with Gasteiger partial charge >= 0.3 is 0 Å². The Morgan fingerprint density at radius 3 is 2.52 bits per heavy atom. The Hall–Kier alpha value is -1.77. The van der Waals surface area contributed by atoms with E-state index in [2.05, 4.69) is 34.4 Å². The van der Waals surface area contributed by atoms with Crippen LogP contribution in [0, 0.1) is 0 Å². The lowest BCUT2D eigenvalue weighted by molar-refractivity contribution is 0.340. The lowest BCUT2D eigenvalue weighted by Crippen LogP contribution is -2.38. The Bertz CT molecular complexity index is 654. The van der Waals surface area contributed by atoms with E-state index in [1.807, 2.05) is 45.5 Å². The number of hydrogen-bond donors (Lipinski definition) is 1. The Kier molecular flexibility index (Phi) is 9.33. The number of benzene rings is 1. The molecule has 0 aliphatic rings. The van der Waals surface area contributed by atoms with E-state index >= 15 is 0 Å². The smallest absolute Gasteiger partial charge is 0.194 e. The Labute approximate surface area is 167 Å². The molecule has 0 aliphatic carbocycles. The molecule has 0 saturated carbocycles. The fourth-order valence-electron chi connectivity index (χ4n) is 2.40. The predicted molar refractivity (Wildman–Crippen MR) is 113 cm³/mol. The molecule has 25 heavy (non-hydrogen) atoms. The van der Waals surface area contributed by atoms with Crippen LogP contribution in [0.15, 0.2) is 41.7 Å². The molecule has 7 heteroatoms. The van der Waals surface area contributed by atoms with Gasteiger partial charge < -0.3 is 15.0 Å². The van der Waals surface area contributed by atoms with Crippen molar-refractivity contribution in [1.82, 2.24) is 20.0 Å². The van der Waals surface area contributed by atoms with Gasteiger partial charge in [0.1, 0.15) is 5.75 Å². The summed E-state index contributed by atoms with van der Waals surface area (Å²) in [7, 11) is 3.96. The summed E-state index contributed by atoms with van der Waals surface area (Å²) in [6.07, 6.45) is 3.83. The van der Waals surface area contributed by atoms with E-state index in [1.54, 1.807) is 4.68 Å². The predicted octanol–water partition coefficient (Wildman–Crippen LogP) is 3.03. The highest BCUT2D eigenvalue weighted by molar-refractivity contribution is 14.0. The summed E-state index contributed by atoms with van der Waals surface area (Å²) in [5.41, 5.74) is 2.32. The van der Waals surface area contributed by atoms with Crippen LogP contribution in [0.4, 0.5) is 0 Å². The number of ether oxygens (including phenoxy) is 1. The van der Waals surface area contributed by atoms with Gasteiger partial charge in [0.15, 0.2) is 5.96 Å². The van der Waals surface area contributed by atoms with E-state index < -0.39 is 0 Å². The van der Waals surface area contributed by atoms with Crippen LogP contribution in [0.1, 0.15) is 25.0 Å². The molecule has 0 radical (unpaired) electrons. The fourth-order valence-corrected chi connectivity index (χ4v) is 2.40. The second-order valence-electron chi connectivity index (χ2n) is 5.63. The number of aryl methyl sites for hydroxylation is 1. The maximum atomic E-state index is 5.48.